The second kappa shape index (κ2) is 4.87. The predicted molar refractivity (Wildman–Crippen MR) is 76.8 cm³/mol. The minimum Gasteiger partial charge on any atom is -0.487 e. The van der Waals surface area contributed by atoms with Crippen LogP contribution < -0.4 is 4.74 Å². The van der Waals surface area contributed by atoms with Gasteiger partial charge in [0.2, 0.25) is 0 Å². The highest BCUT2D eigenvalue weighted by Crippen LogP contribution is 2.40. The Balaban J connectivity index is 2.10. The van der Waals surface area contributed by atoms with Gasteiger partial charge in [0.25, 0.3) is 0 Å². The number of ether oxygens (including phenoxy) is 1. The molecule has 3 rings (SSSR count). The Morgan fingerprint density at radius 2 is 2.11 bits per heavy atom. The second-order valence-electron chi connectivity index (χ2n) is 4.88. The van der Waals surface area contributed by atoms with Crippen LogP contribution in [0.3, 0.4) is 0 Å². The van der Waals surface area contributed by atoms with E-state index < -0.39 is 0 Å². The monoisotopic (exact) mass is 274 g/mol. The Bertz CT molecular complexity index is 622. The Hall–Kier alpha value is -1.51. The first-order chi connectivity index (χ1) is 9.19. The molecule has 2 nitrogen and oxygen atoms in total. The second-order valence-corrected chi connectivity index (χ2v) is 5.32. The van der Waals surface area contributed by atoms with Crippen LogP contribution in [0.2, 0.25) is 5.02 Å². The van der Waals surface area contributed by atoms with E-state index in [2.05, 4.69) is 12.1 Å². The summed E-state index contributed by atoms with van der Waals surface area (Å²) in [4.78, 5) is 0. The average molecular weight is 275 g/mol. The van der Waals surface area contributed by atoms with E-state index in [0.717, 1.165) is 39.4 Å². The summed E-state index contributed by atoms with van der Waals surface area (Å²) in [5.74, 6) is 0.895. The van der Waals surface area contributed by atoms with Gasteiger partial charge in [-0.05, 0) is 35.7 Å². The Labute approximate surface area is 117 Å². The van der Waals surface area contributed by atoms with Gasteiger partial charge in [-0.1, -0.05) is 35.9 Å². The maximum absolute atomic E-state index is 9.25. The molecule has 1 N–H and O–H groups in total. The number of benzene rings is 2. The number of para-hydroxylation sites is 1. The van der Waals surface area contributed by atoms with Crippen molar-refractivity contribution in [3.8, 4) is 16.9 Å². The van der Waals surface area contributed by atoms with Crippen LogP contribution in [0, 0.1) is 6.92 Å². The van der Waals surface area contributed by atoms with Gasteiger partial charge in [0.1, 0.15) is 11.9 Å². The molecule has 0 amide bonds. The quantitative estimate of drug-likeness (QED) is 0.906. The van der Waals surface area contributed by atoms with E-state index in [9.17, 15) is 5.11 Å². The molecule has 0 bridgehead atoms. The lowest BCUT2D eigenvalue weighted by atomic mass is 9.97. The van der Waals surface area contributed by atoms with Crippen molar-refractivity contribution in [2.45, 2.75) is 19.4 Å². The molecule has 0 spiro atoms. The average Bonchev–Trinajstić information content (AvgIpc) is 2.82. The minimum absolute atomic E-state index is 0.0493. The van der Waals surface area contributed by atoms with E-state index in [1.807, 2.05) is 31.2 Å². The number of halogens is 1. The molecule has 1 aliphatic rings. The maximum atomic E-state index is 9.25. The van der Waals surface area contributed by atoms with Crippen molar-refractivity contribution in [2.75, 3.05) is 6.61 Å². The third kappa shape index (κ3) is 2.22. The topological polar surface area (TPSA) is 29.5 Å². The van der Waals surface area contributed by atoms with Crippen LogP contribution in [0.4, 0.5) is 0 Å². The van der Waals surface area contributed by atoms with Crippen molar-refractivity contribution >= 4 is 11.6 Å². The number of rotatable bonds is 2. The van der Waals surface area contributed by atoms with Gasteiger partial charge in [-0.15, -0.1) is 0 Å². The molecule has 1 aliphatic heterocycles. The van der Waals surface area contributed by atoms with E-state index in [4.69, 9.17) is 16.3 Å². The number of aliphatic hydroxyl groups excluding tert-OH is 1. The van der Waals surface area contributed by atoms with Gasteiger partial charge in [0.15, 0.2) is 0 Å². The van der Waals surface area contributed by atoms with E-state index in [0.29, 0.717) is 0 Å². The molecule has 19 heavy (non-hydrogen) atoms. The Kier molecular flexibility index (Phi) is 3.21. The fraction of sp³-hybridized carbons (Fsp3) is 0.250. The third-order valence-electron chi connectivity index (χ3n) is 3.51. The molecule has 1 heterocycles. The molecule has 0 saturated carbocycles. The summed E-state index contributed by atoms with van der Waals surface area (Å²) in [7, 11) is 0. The van der Waals surface area contributed by atoms with E-state index in [-0.39, 0.29) is 12.7 Å². The minimum atomic E-state index is -0.122. The number of fused-ring (bicyclic) bond motifs is 1. The number of aliphatic hydroxyl groups is 1. The van der Waals surface area contributed by atoms with Gasteiger partial charge in [0.05, 0.1) is 6.61 Å². The van der Waals surface area contributed by atoms with E-state index in [1.165, 1.54) is 0 Å². The fourth-order valence-electron chi connectivity index (χ4n) is 2.58. The van der Waals surface area contributed by atoms with Crippen molar-refractivity contribution < 1.29 is 9.84 Å². The smallest absolute Gasteiger partial charge is 0.131 e. The van der Waals surface area contributed by atoms with Gasteiger partial charge >= 0.3 is 0 Å². The Morgan fingerprint density at radius 1 is 1.26 bits per heavy atom. The van der Waals surface area contributed by atoms with Crippen LogP contribution in [-0.2, 0) is 6.42 Å². The van der Waals surface area contributed by atoms with E-state index >= 15 is 0 Å². The van der Waals surface area contributed by atoms with Crippen LogP contribution in [0.5, 0.6) is 5.75 Å². The van der Waals surface area contributed by atoms with Gasteiger partial charge in [-0.2, -0.15) is 0 Å². The van der Waals surface area contributed by atoms with Gasteiger partial charge in [0, 0.05) is 17.0 Å². The summed E-state index contributed by atoms with van der Waals surface area (Å²) in [6.45, 7) is 2.09. The lowest BCUT2D eigenvalue weighted by molar-refractivity contribution is 0.135. The van der Waals surface area contributed by atoms with Crippen LogP contribution in [0.25, 0.3) is 11.1 Å². The van der Waals surface area contributed by atoms with Crippen LogP contribution in [0.15, 0.2) is 36.4 Å². The summed E-state index contributed by atoms with van der Waals surface area (Å²) >= 11 is 6.00. The van der Waals surface area contributed by atoms with Crippen molar-refractivity contribution in [3.05, 3.63) is 52.5 Å². The number of hydrogen-bond donors (Lipinski definition) is 1. The Morgan fingerprint density at radius 3 is 2.84 bits per heavy atom. The largest absolute Gasteiger partial charge is 0.487 e. The molecule has 2 aromatic rings. The zero-order valence-corrected chi connectivity index (χ0v) is 11.4. The zero-order valence-electron chi connectivity index (χ0n) is 10.7. The van der Waals surface area contributed by atoms with Crippen LogP contribution >= 0.6 is 11.6 Å². The highest BCUT2D eigenvalue weighted by atomic mass is 35.5. The normalized spacial score (nSPS) is 17.1. The number of aryl methyl sites for hydroxylation is 1. The molecular weight excluding hydrogens is 260 g/mol. The summed E-state index contributed by atoms with van der Waals surface area (Å²) in [6.07, 6.45) is 0.649. The first-order valence-corrected chi connectivity index (χ1v) is 6.73. The SMILES string of the molecule is Cc1cc(Cl)ccc1-c1cccc2c1O[C@H](CO)C2. The van der Waals surface area contributed by atoms with Crippen LogP contribution in [-0.4, -0.2) is 17.8 Å². The molecule has 0 fully saturated rings. The summed E-state index contributed by atoms with van der Waals surface area (Å²) in [5, 5.41) is 9.99. The van der Waals surface area contributed by atoms with Crippen molar-refractivity contribution in [2.24, 2.45) is 0 Å². The summed E-state index contributed by atoms with van der Waals surface area (Å²) in [5.41, 5.74) is 4.48. The standard InChI is InChI=1S/C16H15ClO2/c1-10-7-12(17)5-6-14(10)15-4-2-3-11-8-13(9-18)19-16(11)15/h2-7,13,18H,8-9H2,1H3/t13-/m0/s1. The third-order valence-corrected chi connectivity index (χ3v) is 3.75. The van der Waals surface area contributed by atoms with Crippen molar-refractivity contribution in [1.82, 2.24) is 0 Å². The zero-order chi connectivity index (χ0) is 13.4. The fourth-order valence-corrected chi connectivity index (χ4v) is 2.81. The molecule has 0 radical (unpaired) electrons. The molecule has 3 heteroatoms. The highest BCUT2D eigenvalue weighted by molar-refractivity contribution is 6.30. The lowest BCUT2D eigenvalue weighted by Crippen LogP contribution is -2.17. The maximum Gasteiger partial charge on any atom is 0.131 e. The highest BCUT2D eigenvalue weighted by Gasteiger charge is 2.25. The molecule has 0 saturated heterocycles. The van der Waals surface area contributed by atoms with Crippen molar-refractivity contribution in [3.63, 3.8) is 0 Å². The molecule has 0 unspecified atom stereocenters. The molecule has 0 aromatic heterocycles. The molecule has 98 valence electrons. The molecular formula is C16H15ClO2. The first-order valence-electron chi connectivity index (χ1n) is 6.35. The molecule has 0 aliphatic carbocycles. The molecule has 1 atom stereocenters. The van der Waals surface area contributed by atoms with Gasteiger partial charge in [-0.25, -0.2) is 0 Å². The lowest BCUT2D eigenvalue weighted by Gasteiger charge is -2.12. The van der Waals surface area contributed by atoms with Gasteiger partial charge in [-0.3, -0.25) is 0 Å². The predicted octanol–water partition coefficient (Wildman–Crippen LogP) is 3.61. The number of hydrogen-bond acceptors (Lipinski definition) is 2. The van der Waals surface area contributed by atoms with Crippen LogP contribution in [0.1, 0.15) is 11.1 Å². The summed E-state index contributed by atoms with van der Waals surface area (Å²) in [6, 6.07) is 12.0. The van der Waals surface area contributed by atoms with E-state index in [1.54, 1.807) is 0 Å². The summed E-state index contributed by atoms with van der Waals surface area (Å²) < 4.78 is 5.84. The van der Waals surface area contributed by atoms with Gasteiger partial charge < -0.3 is 9.84 Å². The first kappa shape index (κ1) is 12.5. The van der Waals surface area contributed by atoms with Crippen molar-refractivity contribution in [1.29, 1.82) is 0 Å². The molecule has 2 aromatic carbocycles.